The molecule has 0 aliphatic rings. The number of nitrogens with zero attached hydrogens (tertiary/aromatic N) is 1. The minimum Gasteiger partial charge on any atom is -0.467 e. The van der Waals surface area contributed by atoms with Crippen molar-refractivity contribution in [1.29, 1.82) is 0 Å². The van der Waals surface area contributed by atoms with Crippen molar-refractivity contribution in [2.45, 2.75) is 13.0 Å². The van der Waals surface area contributed by atoms with Gasteiger partial charge in [-0.3, -0.25) is 10.1 Å². The van der Waals surface area contributed by atoms with Crippen LogP contribution in [0.3, 0.4) is 0 Å². The van der Waals surface area contributed by atoms with Crippen LogP contribution in [0.5, 0.6) is 0 Å². The van der Waals surface area contributed by atoms with Gasteiger partial charge >= 0.3 is 0 Å². The number of nitrogens with one attached hydrogen (secondary N) is 1. The van der Waals surface area contributed by atoms with Crippen molar-refractivity contribution < 1.29 is 9.34 Å². The van der Waals surface area contributed by atoms with Gasteiger partial charge in [-0.1, -0.05) is 0 Å². The van der Waals surface area contributed by atoms with E-state index in [0.717, 1.165) is 5.76 Å². The number of hydrogen-bond donors (Lipinski definition) is 1. The predicted molar refractivity (Wildman–Crippen MR) is 71.5 cm³/mol. The summed E-state index contributed by atoms with van der Waals surface area (Å²) >= 11 is 3.15. The normalized spacial score (nSPS) is 12.1. The van der Waals surface area contributed by atoms with E-state index in [1.807, 2.05) is 13.0 Å². The molecule has 0 saturated heterocycles. The average molecular weight is 311 g/mol. The lowest BCUT2D eigenvalue weighted by atomic mass is 10.2. The van der Waals surface area contributed by atoms with E-state index in [9.17, 15) is 10.1 Å². The van der Waals surface area contributed by atoms with Crippen molar-refractivity contribution in [3.05, 3.63) is 56.9 Å². The van der Waals surface area contributed by atoms with Gasteiger partial charge in [0.1, 0.15) is 5.76 Å². The Bertz CT molecular complexity index is 554. The van der Waals surface area contributed by atoms with Gasteiger partial charge in [0.05, 0.1) is 21.7 Å². The maximum atomic E-state index is 10.8. The molecule has 6 heteroatoms. The van der Waals surface area contributed by atoms with Crippen LogP contribution < -0.4 is 5.32 Å². The van der Waals surface area contributed by atoms with E-state index < -0.39 is 4.92 Å². The van der Waals surface area contributed by atoms with E-state index in [4.69, 9.17) is 4.42 Å². The largest absolute Gasteiger partial charge is 0.467 e. The molecule has 0 radical (unpaired) electrons. The van der Waals surface area contributed by atoms with Gasteiger partial charge in [-0.25, -0.2) is 0 Å². The Morgan fingerprint density at radius 1 is 1.44 bits per heavy atom. The quantitative estimate of drug-likeness (QED) is 0.681. The number of furan rings is 1. The number of nitro groups is 1. The number of halogens is 1. The molecule has 0 aliphatic heterocycles. The summed E-state index contributed by atoms with van der Waals surface area (Å²) in [5.41, 5.74) is 0.709. The highest BCUT2D eigenvalue weighted by molar-refractivity contribution is 9.10. The van der Waals surface area contributed by atoms with Crippen molar-refractivity contribution in [3.8, 4) is 0 Å². The molecule has 1 N–H and O–H groups in total. The summed E-state index contributed by atoms with van der Waals surface area (Å²) in [6, 6.07) is 8.51. The van der Waals surface area contributed by atoms with Gasteiger partial charge in [-0.15, -0.1) is 0 Å². The first-order valence-corrected chi connectivity index (χ1v) is 6.11. The molecule has 1 unspecified atom stereocenters. The van der Waals surface area contributed by atoms with Gasteiger partial charge in [0.25, 0.3) is 5.69 Å². The second-order valence-electron chi connectivity index (χ2n) is 3.80. The molecule has 1 aromatic heterocycles. The third-order valence-electron chi connectivity index (χ3n) is 2.50. The lowest BCUT2D eigenvalue weighted by Crippen LogP contribution is -2.05. The Morgan fingerprint density at radius 3 is 2.83 bits per heavy atom. The maximum Gasteiger partial charge on any atom is 0.285 e. The summed E-state index contributed by atoms with van der Waals surface area (Å²) < 4.78 is 5.73. The van der Waals surface area contributed by atoms with Gasteiger partial charge in [-0.2, -0.15) is 0 Å². The maximum absolute atomic E-state index is 10.8. The summed E-state index contributed by atoms with van der Waals surface area (Å²) in [7, 11) is 0. The number of benzene rings is 1. The summed E-state index contributed by atoms with van der Waals surface area (Å²) in [5, 5.41) is 14.0. The van der Waals surface area contributed by atoms with E-state index in [1.54, 1.807) is 24.5 Å². The molecule has 94 valence electrons. The lowest BCUT2D eigenvalue weighted by Gasteiger charge is -2.12. The molecular weight excluding hydrogens is 300 g/mol. The third-order valence-corrected chi connectivity index (χ3v) is 3.17. The van der Waals surface area contributed by atoms with Crippen molar-refractivity contribution in [2.24, 2.45) is 0 Å². The summed E-state index contributed by atoms with van der Waals surface area (Å²) in [4.78, 5) is 10.4. The zero-order chi connectivity index (χ0) is 13.1. The molecule has 2 aromatic rings. The number of nitro benzene ring substituents is 1. The van der Waals surface area contributed by atoms with Crippen LogP contribution in [-0.2, 0) is 0 Å². The van der Waals surface area contributed by atoms with E-state index in [0.29, 0.717) is 10.2 Å². The van der Waals surface area contributed by atoms with E-state index in [2.05, 4.69) is 21.2 Å². The first-order chi connectivity index (χ1) is 8.58. The van der Waals surface area contributed by atoms with Crippen LogP contribution in [0.25, 0.3) is 0 Å². The third kappa shape index (κ3) is 2.70. The molecule has 0 spiro atoms. The fraction of sp³-hybridized carbons (Fsp3) is 0.167. The molecule has 1 aromatic carbocycles. The molecule has 18 heavy (non-hydrogen) atoms. The van der Waals surface area contributed by atoms with Crippen LogP contribution in [0.1, 0.15) is 18.7 Å². The van der Waals surface area contributed by atoms with E-state index in [1.165, 1.54) is 6.07 Å². The molecule has 0 amide bonds. The molecule has 2 rings (SSSR count). The van der Waals surface area contributed by atoms with Crippen LogP contribution in [-0.4, -0.2) is 4.92 Å². The monoisotopic (exact) mass is 310 g/mol. The first kappa shape index (κ1) is 12.6. The van der Waals surface area contributed by atoms with Crippen LogP contribution in [0.15, 0.2) is 45.5 Å². The smallest absolute Gasteiger partial charge is 0.285 e. The van der Waals surface area contributed by atoms with Crippen LogP contribution in [0.2, 0.25) is 0 Å². The average Bonchev–Trinajstić information content (AvgIpc) is 2.85. The second kappa shape index (κ2) is 5.22. The SMILES string of the molecule is CC(Nc1ccc(Br)c([N+](=O)[O-])c1)c1ccco1. The van der Waals surface area contributed by atoms with Crippen molar-refractivity contribution in [3.63, 3.8) is 0 Å². The topological polar surface area (TPSA) is 68.3 Å². The Balaban J connectivity index is 2.20. The molecule has 5 nitrogen and oxygen atoms in total. The second-order valence-corrected chi connectivity index (χ2v) is 4.66. The van der Waals surface area contributed by atoms with Gasteiger partial charge < -0.3 is 9.73 Å². The zero-order valence-electron chi connectivity index (χ0n) is 9.59. The fourth-order valence-corrected chi connectivity index (χ4v) is 1.99. The van der Waals surface area contributed by atoms with Crippen LogP contribution in [0.4, 0.5) is 11.4 Å². The number of rotatable bonds is 4. The Kier molecular flexibility index (Phi) is 3.66. The van der Waals surface area contributed by atoms with Crippen molar-refractivity contribution in [2.75, 3.05) is 5.32 Å². The summed E-state index contributed by atoms with van der Waals surface area (Å²) in [6.45, 7) is 1.92. The molecule has 1 atom stereocenters. The first-order valence-electron chi connectivity index (χ1n) is 5.32. The van der Waals surface area contributed by atoms with Crippen molar-refractivity contribution >= 4 is 27.3 Å². The lowest BCUT2D eigenvalue weighted by molar-refractivity contribution is -0.385. The van der Waals surface area contributed by atoms with Crippen molar-refractivity contribution in [1.82, 2.24) is 0 Å². The highest BCUT2D eigenvalue weighted by Gasteiger charge is 2.14. The molecule has 0 bridgehead atoms. The number of hydrogen-bond acceptors (Lipinski definition) is 4. The minimum absolute atomic E-state index is 0.0339. The predicted octanol–water partition coefficient (Wildman–Crippen LogP) is 4.12. The van der Waals surface area contributed by atoms with Gasteiger partial charge in [-0.05, 0) is 47.1 Å². The molecule has 0 aliphatic carbocycles. The fourth-order valence-electron chi connectivity index (χ4n) is 1.60. The van der Waals surface area contributed by atoms with Gasteiger partial charge in [0, 0.05) is 11.8 Å². The van der Waals surface area contributed by atoms with E-state index in [-0.39, 0.29) is 11.7 Å². The van der Waals surface area contributed by atoms with Crippen LogP contribution >= 0.6 is 15.9 Å². The van der Waals surface area contributed by atoms with E-state index >= 15 is 0 Å². The minimum atomic E-state index is -0.424. The highest BCUT2D eigenvalue weighted by Crippen LogP contribution is 2.29. The Hall–Kier alpha value is -1.82. The molecule has 0 fully saturated rings. The Morgan fingerprint density at radius 2 is 2.22 bits per heavy atom. The molecular formula is C12H11BrN2O3. The van der Waals surface area contributed by atoms with Crippen LogP contribution in [0, 0.1) is 10.1 Å². The zero-order valence-corrected chi connectivity index (χ0v) is 11.2. The summed E-state index contributed by atoms with van der Waals surface area (Å²) in [6.07, 6.45) is 1.59. The van der Waals surface area contributed by atoms with Gasteiger partial charge in [0.15, 0.2) is 0 Å². The highest BCUT2D eigenvalue weighted by atomic mass is 79.9. The van der Waals surface area contributed by atoms with Gasteiger partial charge in [0.2, 0.25) is 0 Å². The standard InChI is InChI=1S/C12H11BrN2O3/c1-8(12-3-2-6-18-12)14-9-4-5-10(13)11(7-9)15(16)17/h2-8,14H,1H3. The summed E-state index contributed by atoms with van der Waals surface area (Å²) in [5.74, 6) is 0.778. The molecule has 1 heterocycles. The Labute approximate surface area is 112 Å². The number of anilines is 1. The molecule has 0 saturated carbocycles.